The van der Waals surface area contributed by atoms with E-state index < -0.39 is 20.8 Å². The highest BCUT2D eigenvalue weighted by molar-refractivity contribution is 7.94. The lowest BCUT2D eigenvalue weighted by Gasteiger charge is -2.02. The molecule has 0 saturated heterocycles. The van der Waals surface area contributed by atoms with Gasteiger partial charge in [0.1, 0.15) is 0 Å². The predicted octanol–water partition coefficient (Wildman–Crippen LogP) is -1.08. The minimum absolute atomic E-state index is 0.441. The second-order valence-electron chi connectivity index (χ2n) is 3.09. The van der Waals surface area contributed by atoms with Crippen LogP contribution in [0.5, 0.6) is 0 Å². The van der Waals surface area contributed by atoms with E-state index in [1.807, 2.05) is 0 Å². The van der Waals surface area contributed by atoms with Crippen molar-refractivity contribution in [2.24, 2.45) is 5.73 Å². The van der Waals surface area contributed by atoms with Crippen molar-refractivity contribution >= 4 is 32.2 Å². The van der Waals surface area contributed by atoms with E-state index in [1.165, 1.54) is 0 Å². The monoisotopic (exact) mass is 315 g/mol. The molecule has 110 valence electrons. The number of rotatable bonds is 3. The Bertz CT molecular complexity index is 596. The van der Waals surface area contributed by atoms with E-state index in [2.05, 4.69) is 3.63 Å². The summed E-state index contributed by atoms with van der Waals surface area (Å²) in [6.45, 7) is 0.441. The standard InChI is InChI=1S/C7H11N3.H2O7S2/c8-4-5-3-6(9)1-2-7(5)10;1-8(2,3)7-9(4,5)6/h1-3H,4,8-10H2;(H,1,2,3)(H,4,5,6). The molecule has 1 rings (SSSR count). The SMILES string of the molecule is NCc1cc(N)ccc1N.O=S(=O)(O)OS(=O)(=O)O. The van der Waals surface area contributed by atoms with Crippen LogP contribution in [0.3, 0.4) is 0 Å². The third-order valence-electron chi connectivity index (χ3n) is 1.56. The first-order chi connectivity index (χ1) is 8.44. The van der Waals surface area contributed by atoms with Crippen LogP contribution in [0.4, 0.5) is 11.4 Å². The Morgan fingerprint density at radius 1 is 1.05 bits per heavy atom. The molecular formula is C7H13N3O7S2. The van der Waals surface area contributed by atoms with Crippen molar-refractivity contribution in [1.82, 2.24) is 0 Å². The molecule has 0 atom stereocenters. The van der Waals surface area contributed by atoms with Gasteiger partial charge in [0.05, 0.1) is 0 Å². The number of benzene rings is 1. The molecule has 19 heavy (non-hydrogen) atoms. The molecule has 1 aromatic carbocycles. The Morgan fingerprint density at radius 3 is 1.79 bits per heavy atom. The van der Waals surface area contributed by atoms with Crippen LogP contribution in [-0.4, -0.2) is 25.9 Å². The van der Waals surface area contributed by atoms with Crippen molar-refractivity contribution in [3.05, 3.63) is 23.8 Å². The zero-order chi connectivity index (χ0) is 15.3. The summed E-state index contributed by atoms with van der Waals surface area (Å²) in [5.74, 6) is 0. The van der Waals surface area contributed by atoms with Gasteiger partial charge in [-0.15, -0.1) is 3.63 Å². The summed E-state index contributed by atoms with van der Waals surface area (Å²) in [5.41, 5.74) is 18.8. The molecule has 0 heterocycles. The summed E-state index contributed by atoms with van der Waals surface area (Å²) >= 11 is 0. The quantitative estimate of drug-likeness (QED) is 0.338. The van der Waals surface area contributed by atoms with Gasteiger partial charge >= 0.3 is 20.8 Å². The van der Waals surface area contributed by atoms with Crippen LogP contribution in [0, 0.1) is 0 Å². The van der Waals surface area contributed by atoms with Crippen molar-refractivity contribution in [2.45, 2.75) is 6.54 Å². The van der Waals surface area contributed by atoms with Gasteiger partial charge < -0.3 is 17.2 Å². The van der Waals surface area contributed by atoms with E-state index in [4.69, 9.17) is 26.3 Å². The number of anilines is 2. The molecule has 0 aliphatic rings. The van der Waals surface area contributed by atoms with E-state index in [9.17, 15) is 16.8 Å². The third kappa shape index (κ3) is 9.18. The second kappa shape index (κ2) is 6.65. The molecule has 12 heteroatoms. The fourth-order valence-electron chi connectivity index (χ4n) is 0.911. The first kappa shape index (κ1) is 17.6. The number of hydrogen-bond acceptors (Lipinski definition) is 8. The van der Waals surface area contributed by atoms with Crippen LogP contribution in [0.1, 0.15) is 5.56 Å². The predicted molar refractivity (Wildman–Crippen MR) is 67.3 cm³/mol. The Hall–Kier alpha value is -1.44. The summed E-state index contributed by atoms with van der Waals surface area (Å²) in [5, 5.41) is 0. The fourth-order valence-corrected chi connectivity index (χ4v) is 1.78. The maximum atomic E-state index is 9.44. The molecule has 10 nitrogen and oxygen atoms in total. The summed E-state index contributed by atoms with van der Waals surface area (Å²) in [4.78, 5) is 0. The zero-order valence-corrected chi connectivity index (χ0v) is 11.1. The van der Waals surface area contributed by atoms with Gasteiger partial charge in [0.2, 0.25) is 0 Å². The topological polar surface area (TPSA) is 196 Å². The third-order valence-corrected chi connectivity index (χ3v) is 2.93. The molecule has 0 spiro atoms. The van der Waals surface area contributed by atoms with Crippen molar-refractivity contribution in [1.29, 1.82) is 0 Å². The van der Waals surface area contributed by atoms with E-state index in [-0.39, 0.29) is 0 Å². The first-order valence-electron chi connectivity index (χ1n) is 4.44. The fraction of sp³-hybridized carbons (Fsp3) is 0.143. The summed E-state index contributed by atoms with van der Waals surface area (Å²) in [6, 6.07) is 5.31. The highest BCUT2D eigenvalue weighted by atomic mass is 32.3. The molecule has 0 amide bonds. The summed E-state index contributed by atoms with van der Waals surface area (Å²) in [6.07, 6.45) is 0. The maximum Gasteiger partial charge on any atom is 0.413 e. The molecule has 0 aliphatic heterocycles. The van der Waals surface area contributed by atoms with Gasteiger partial charge in [-0.25, -0.2) is 0 Å². The van der Waals surface area contributed by atoms with Crippen LogP contribution in [-0.2, 0) is 31.0 Å². The van der Waals surface area contributed by atoms with Crippen LogP contribution in [0.2, 0.25) is 0 Å². The molecule has 0 saturated carbocycles. The van der Waals surface area contributed by atoms with Gasteiger partial charge in [-0.1, -0.05) is 0 Å². The van der Waals surface area contributed by atoms with Gasteiger partial charge in [-0.2, -0.15) is 16.8 Å². The van der Waals surface area contributed by atoms with Crippen LogP contribution >= 0.6 is 0 Å². The lowest BCUT2D eigenvalue weighted by atomic mass is 10.1. The maximum absolute atomic E-state index is 9.44. The largest absolute Gasteiger partial charge is 0.413 e. The lowest BCUT2D eigenvalue weighted by Crippen LogP contribution is -2.10. The Labute approximate surface area is 110 Å². The summed E-state index contributed by atoms with van der Waals surface area (Å²) < 4.78 is 55.6. The second-order valence-corrected chi connectivity index (χ2v) is 5.34. The molecule has 0 unspecified atom stereocenters. The van der Waals surface area contributed by atoms with Crippen molar-refractivity contribution in [3.8, 4) is 0 Å². The van der Waals surface area contributed by atoms with Crippen LogP contribution < -0.4 is 17.2 Å². The molecule has 0 aromatic heterocycles. The van der Waals surface area contributed by atoms with Crippen molar-refractivity contribution in [2.75, 3.05) is 11.5 Å². The van der Waals surface area contributed by atoms with Gasteiger partial charge in [-0.05, 0) is 23.8 Å². The van der Waals surface area contributed by atoms with E-state index in [0.29, 0.717) is 17.9 Å². The lowest BCUT2D eigenvalue weighted by molar-refractivity contribution is 0.344. The van der Waals surface area contributed by atoms with Crippen molar-refractivity contribution < 1.29 is 29.6 Å². The molecule has 0 bridgehead atoms. The normalized spacial score (nSPS) is 11.5. The number of nitrogens with two attached hydrogens (primary N) is 3. The van der Waals surface area contributed by atoms with Crippen molar-refractivity contribution in [3.63, 3.8) is 0 Å². The minimum Gasteiger partial charge on any atom is -0.399 e. The minimum atomic E-state index is -5.12. The number of nitrogen functional groups attached to an aromatic ring is 2. The average molecular weight is 315 g/mol. The first-order valence-corrected chi connectivity index (χ1v) is 7.17. The average Bonchev–Trinajstić information content (AvgIpc) is 2.17. The molecule has 0 radical (unpaired) electrons. The van der Waals surface area contributed by atoms with Crippen LogP contribution in [0.25, 0.3) is 0 Å². The number of hydrogen-bond donors (Lipinski definition) is 5. The highest BCUT2D eigenvalue weighted by Gasteiger charge is 2.15. The molecule has 1 aromatic rings. The molecule has 0 aliphatic carbocycles. The van der Waals surface area contributed by atoms with Gasteiger partial charge in [0, 0.05) is 17.9 Å². The highest BCUT2D eigenvalue weighted by Crippen LogP contribution is 2.13. The molecule has 0 fully saturated rings. The van der Waals surface area contributed by atoms with E-state index in [1.54, 1.807) is 18.2 Å². The Balaban J connectivity index is 0.000000344. The van der Waals surface area contributed by atoms with E-state index >= 15 is 0 Å². The zero-order valence-electron chi connectivity index (χ0n) is 9.42. The van der Waals surface area contributed by atoms with Gasteiger partial charge in [0.15, 0.2) is 0 Å². The van der Waals surface area contributed by atoms with E-state index in [0.717, 1.165) is 5.56 Å². The smallest absolute Gasteiger partial charge is 0.399 e. The molecule has 8 N–H and O–H groups in total. The van der Waals surface area contributed by atoms with Gasteiger partial charge in [0.25, 0.3) is 0 Å². The van der Waals surface area contributed by atoms with Crippen LogP contribution in [0.15, 0.2) is 18.2 Å². The van der Waals surface area contributed by atoms with Gasteiger partial charge in [-0.3, -0.25) is 9.11 Å². The molecular weight excluding hydrogens is 302 g/mol. The summed E-state index contributed by atoms with van der Waals surface area (Å²) in [7, 11) is -10.2. The Kier molecular flexibility index (Phi) is 6.14. The Morgan fingerprint density at radius 2 is 1.53 bits per heavy atom.